The highest BCUT2D eigenvalue weighted by Gasteiger charge is 2.30. The van der Waals surface area contributed by atoms with Crippen LogP contribution in [0.4, 0.5) is 4.39 Å². The Morgan fingerprint density at radius 2 is 2.00 bits per heavy atom. The number of aromatic nitrogens is 1. The molecule has 3 atom stereocenters. The average Bonchev–Trinajstić information content (AvgIpc) is 2.49. The molecule has 0 radical (unpaired) electrons. The number of nitrogens with one attached hydrogen (secondary N) is 1. The minimum Gasteiger partial charge on any atom is -0.368 e. The molecule has 0 saturated carbocycles. The molecule has 0 amide bonds. The zero-order valence-corrected chi connectivity index (χ0v) is 11.3. The molecule has 3 rings (SSSR count). The van der Waals surface area contributed by atoms with Gasteiger partial charge in [-0.15, -0.1) is 0 Å². The quantitative estimate of drug-likeness (QED) is 0.912. The van der Waals surface area contributed by atoms with Crippen molar-refractivity contribution in [3.8, 4) is 0 Å². The van der Waals surface area contributed by atoms with Gasteiger partial charge >= 0.3 is 0 Å². The Balaban J connectivity index is 1.72. The lowest BCUT2D eigenvalue weighted by molar-refractivity contribution is -0.0276. The number of hydrogen-bond donors (Lipinski definition) is 1. The molecule has 1 aliphatic heterocycles. The van der Waals surface area contributed by atoms with E-state index in [1.165, 1.54) is 17.8 Å². The summed E-state index contributed by atoms with van der Waals surface area (Å²) in [6.07, 6.45) is 1.09. The number of morpholine rings is 1. The number of hydrogen-bond acceptors (Lipinski definition) is 3. The van der Waals surface area contributed by atoms with Crippen LogP contribution in [0.1, 0.15) is 30.3 Å². The summed E-state index contributed by atoms with van der Waals surface area (Å²) < 4.78 is 18.9. The molecule has 1 aromatic heterocycles. The predicted octanol–water partition coefficient (Wildman–Crippen LogP) is 3.01. The molecule has 1 saturated heterocycles. The van der Waals surface area contributed by atoms with Crippen molar-refractivity contribution in [3.63, 3.8) is 0 Å². The number of pyridine rings is 1. The molecule has 2 aromatic rings. The summed E-state index contributed by atoms with van der Waals surface area (Å²) in [5, 5.41) is 3.54. The van der Waals surface area contributed by atoms with E-state index in [4.69, 9.17) is 4.74 Å². The Morgan fingerprint density at radius 3 is 2.65 bits per heavy atom. The molecule has 1 fully saturated rings. The third-order valence-electron chi connectivity index (χ3n) is 3.60. The normalized spacial score (nSPS) is 26.4. The van der Waals surface area contributed by atoms with Gasteiger partial charge in [0.05, 0.1) is 24.5 Å². The standard InChI is InChI=1S/C16H17FN2O/c1-11-16(14-8-7-13(17)9-18-14)20-10-15(19-11)12-5-3-2-4-6-12/h2-9,11,15-16,19H,10H2,1H3. The van der Waals surface area contributed by atoms with Gasteiger partial charge in [-0.05, 0) is 24.6 Å². The third-order valence-corrected chi connectivity index (χ3v) is 3.60. The van der Waals surface area contributed by atoms with Crippen LogP contribution < -0.4 is 5.32 Å². The maximum absolute atomic E-state index is 12.9. The Morgan fingerprint density at radius 1 is 1.20 bits per heavy atom. The Hall–Kier alpha value is -1.78. The summed E-state index contributed by atoms with van der Waals surface area (Å²) in [6, 6.07) is 13.6. The molecule has 0 spiro atoms. The number of halogens is 1. The first kappa shape index (κ1) is 13.2. The molecular formula is C16H17FN2O. The van der Waals surface area contributed by atoms with E-state index in [1.54, 1.807) is 6.07 Å². The molecule has 104 valence electrons. The van der Waals surface area contributed by atoms with E-state index in [9.17, 15) is 4.39 Å². The van der Waals surface area contributed by atoms with Crippen LogP contribution >= 0.6 is 0 Å². The van der Waals surface area contributed by atoms with E-state index in [1.807, 2.05) is 18.2 Å². The van der Waals surface area contributed by atoms with Crippen LogP contribution in [0.3, 0.4) is 0 Å². The van der Waals surface area contributed by atoms with Crippen LogP contribution in [0.25, 0.3) is 0 Å². The van der Waals surface area contributed by atoms with Gasteiger partial charge in [0.2, 0.25) is 0 Å². The van der Waals surface area contributed by atoms with Crippen LogP contribution in [-0.2, 0) is 4.74 Å². The van der Waals surface area contributed by atoms with Crippen molar-refractivity contribution in [3.05, 3.63) is 65.7 Å². The topological polar surface area (TPSA) is 34.1 Å². The molecule has 20 heavy (non-hydrogen) atoms. The van der Waals surface area contributed by atoms with Crippen molar-refractivity contribution in [1.82, 2.24) is 10.3 Å². The lowest BCUT2D eigenvalue weighted by Gasteiger charge is -2.35. The second kappa shape index (κ2) is 5.69. The van der Waals surface area contributed by atoms with Crippen LogP contribution in [0, 0.1) is 5.82 Å². The van der Waals surface area contributed by atoms with Gasteiger partial charge in [0.25, 0.3) is 0 Å². The third kappa shape index (κ3) is 2.71. The summed E-state index contributed by atoms with van der Waals surface area (Å²) in [5.41, 5.74) is 1.97. The van der Waals surface area contributed by atoms with Gasteiger partial charge in [-0.25, -0.2) is 4.39 Å². The van der Waals surface area contributed by atoms with Crippen molar-refractivity contribution < 1.29 is 9.13 Å². The summed E-state index contributed by atoms with van der Waals surface area (Å²) in [6.45, 7) is 2.64. The second-order valence-electron chi connectivity index (χ2n) is 5.07. The Labute approximate surface area is 117 Å². The van der Waals surface area contributed by atoms with Gasteiger partial charge in [0.1, 0.15) is 11.9 Å². The first-order valence-corrected chi connectivity index (χ1v) is 6.78. The molecule has 2 heterocycles. The highest BCUT2D eigenvalue weighted by atomic mass is 19.1. The van der Waals surface area contributed by atoms with Gasteiger partial charge in [-0.3, -0.25) is 4.98 Å². The molecular weight excluding hydrogens is 255 g/mol. The zero-order valence-electron chi connectivity index (χ0n) is 11.3. The van der Waals surface area contributed by atoms with E-state index >= 15 is 0 Å². The second-order valence-corrected chi connectivity index (χ2v) is 5.07. The number of rotatable bonds is 2. The highest BCUT2D eigenvalue weighted by molar-refractivity contribution is 5.20. The van der Waals surface area contributed by atoms with E-state index in [-0.39, 0.29) is 24.0 Å². The maximum atomic E-state index is 12.9. The number of ether oxygens (including phenoxy) is 1. The van der Waals surface area contributed by atoms with Gasteiger partial charge in [0.15, 0.2) is 0 Å². The van der Waals surface area contributed by atoms with Gasteiger partial charge in [-0.1, -0.05) is 30.3 Å². The highest BCUT2D eigenvalue weighted by Crippen LogP contribution is 2.28. The van der Waals surface area contributed by atoms with Crippen molar-refractivity contribution in [2.24, 2.45) is 0 Å². The van der Waals surface area contributed by atoms with Gasteiger partial charge < -0.3 is 10.1 Å². The minimum atomic E-state index is -0.327. The van der Waals surface area contributed by atoms with Crippen LogP contribution in [-0.4, -0.2) is 17.6 Å². The average molecular weight is 272 g/mol. The monoisotopic (exact) mass is 272 g/mol. The fourth-order valence-corrected chi connectivity index (χ4v) is 2.57. The maximum Gasteiger partial charge on any atom is 0.141 e. The first-order chi connectivity index (χ1) is 9.74. The molecule has 1 aromatic carbocycles. The zero-order chi connectivity index (χ0) is 13.9. The first-order valence-electron chi connectivity index (χ1n) is 6.78. The summed E-state index contributed by atoms with van der Waals surface area (Å²) in [4.78, 5) is 4.11. The lowest BCUT2D eigenvalue weighted by Crippen LogP contribution is -2.44. The van der Waals surface area contributed by atoms with Gasteiger partial charge in [0, 0.05) is 6.04 Å². The fourth-order valence-electron chi connectivity index (χ4n) is 2.57. The predicted molar refractivity (Wildman–Crippen MR) is 74.7 cm³/mol. The smallest absolute Gasteiger partial charge is 0.141 e. The summed E-state index contributed by atoms with van der Waals surface area (Å²) >= 11 is 0. The lowest BCUT2D eigenvalue weighted by atomic mass is 10.0. The Kier molecular flexibility index (Phi) is 3.76. The van der Waals surface area contributed by atoms with Crippen molar-refractivity contribution in [2.75, 3.05) is 6.61 Å². The van der Waals surface area contributed by atoms with E-state index in [2.05, 4.69) is 29.4 Å². The van der Waals surface area contributed by atoms with Crippen LogP contribution in [0.2, 0.25) is 0 Å². The Bertz CT molecular complexity index is 558. The van der Waals surface area contributed by atoms with Crippen LogP contribution in [0.15, 0.2) is 48.7 Å². The molecule has 3 unspecified atom stereocenters. The minimum absolute atomic E-state index is 0.118. The molecule has 0 bridgehead atoms. The van der Waals surface area contributed by atoms with Crippen LogP contribution in [0.5, 0.6) is 0 Å². The van der Waals surface area contributed by atoms with Crippen molar-refractivity contribution in [2.45, 2.75) is 25.1 Å². The summed E-state index contributed by atoms with van der Waals surface area (Å²) in [7, 11) is 0. The SMILES string of the molecule is CC1NC(c2ccccc2)COC1c1ccc(F)cn1. The van der Waals surface area contributed by atoms with E-state index < -0.39 is 0 Å². The van der Waals surface area contributed by atoms with E-state index in [0.29, 0.717) is 6.61 Å². The van der Waals surface area contributed by atoms with Gasteiger partial charge in [-0.2, -0.15) is 0 Å². The van der Waals surface area contributed by atoms with Crippen molar-refractivity contribution >= 4 is 0 Å². The number of benzene rings is 1. The largest absolute Gasteiger partial charge is 0.368 e. The molecule has 4 heteroatoms. The van der Waals surface area contributed by atoms with Crippen molar-refractivity contribution in [1.29, 1.82) is 0 Å². The summed E-state index contributed by atoms with van der Waals surface area (Å²) in [5.74, 6) is -0.327. The van der Waals surface area contributed by atoms with E-state index in [0.717, 1.165) is 5.69 Å². The molecule has 0 aliphatic carbocycles. The molecule has 1 N–H and O–H groups in total. The fraction of sp³-hybridized carbons (Fsp3) is 0.312. The molecule has 1 aliphatic rings. The number of nitrogens with zero attached hydrogens (tertiary/aromatic N) is 1. The molecule has 3 nitrogen and oxygen atoms in total.